The fourth-order valence-electron chi connectivity index (χ4n) is 1.23. The summed E-state index contributed by atoms with van der Waals surface area (Å²) in [5.74, 6) is 1.13. The maximum atomic E-state index is 9.15. The number of hydrogen-bond donors (Lipinski definition) is 1. The number of hydrogen-bond acceptors (Lipinski definition) is 5. The van der Waals surface area contributed by atoms with Gasteiger partial charge in [0, 0.05) is 12.7 Å². The van der Waals surface area contributed by atoms with Crippen molar-refractivity contribution in [2.45, 2.75) is 13.0 Å². The van der Waals surface area contributed by atoms with Crippen molar-refractivity contribution in [3.05, 3.63) is 30.2 Å². The van der Waals surface area contributed by atoms with Crippen molar-refractivity contribution in [3.8, 4) is 17.1 Å². The quantitative estimate of drug-likeness (QED) is 0.858. The van der Waals surface area contributed by atoms with Gasteiger partial charge < -0.3 is 14.4 Å². The molecule has 5 heteroatoms. The molecule has 1 heterocycles. The first kappa shape index (κ1) is 10.6. The normalized spacial score (nSPS) is 12.6. The molecule has 2 rings (SSSR count). The molecule has 0 fully saturated rings. The van der Waals surface area contributed by atoms with Crippen molar-refractivity contribution >= 4 is 0 Å². The Morgan fingerprint density at radius 2 is 2.00 bits per heavy atom. The first-order valence-electron chi connectivity index (χ1n) is 4.86. The first-order chi connectivity index (χ1) is 7.70. The maximum Gasteiger partial charge on any atom is 0.255 e. The molecule has 5 nitrogen and oxygen atoms in total. The second-order valence-corrected chi connectivity index (χ2v) is 3.38. The number of phenols is 1. The zero-order chi connectivity index (χ0) is 11.5. The molecule has 16 heavy (non-hydrogen) atoms. The van der Waals surface area contributed by atoms with Crippen molar-refractivity contribution in [1.29, 1.82) is 0 Å². The third-order valence-electron chi connectivity index (χ3n) is 2.27. The molecule has 0 radical (unpaired) electrons. The summed E-state index contributed by atoms with van der Waals surface area (Å²) in [4.78, 5) is 4.20. The predicted octanol–water partition coefficient (Wildman–Crippen LogP) is 2.15. The van der Waals surface area contributed by atoms with Gasteiger partial charge in [-0.05, 0) is 31.2 Å². The predicted molar refractivity (Wildman–Crippen MR) is 56.8 cm³/mol. The Bertz CT molecular complexity index is 464. The van der Waals surface area contributed by atoms with Crippen LogP contribution >= 0.6 is 0 Å². The molecule has 1 aromatic heterocycles. The number of aromatic nitrogens is 2. The number of methoxy groups -OCH3 is 1. The van der Waals surface area contributed by atoms with Gasteiger partial charge in [-0.1, -0.05) is 5.16 Å². The molecule has 0 saturated heterocycles. The van der Waals surface area contributed by atoms with Gasteiger partial charge in [-0.2, -0.15) is 4.98 Å². The summed E-state index contributed by atoms with van der Waals surface area (Å²) in [5, 5.41) is 13.0. The van der Waals surface area contributed by atoms with Crippen LogP contribution in [0.5, 0.6) is 5.75 Å². The summed E-state index contributed by atoms with van der Waals surface area (Å²) in [5.41, 5.74) is 0.788. The highest BCUT2D eigenvalue weighted by molar-refractivity contribution is 5.55. The lowest BCUT2D eigenvalue weighted by Gasteiger charge is -2.00. The van der Waals surface area contributed by atoms with Crippen LogP contribution in [0.25, 0.3) is 11.4 Å². The van der Waals surface area contributed by atoms with Crippen LogP contribution in [-0.4, -0.2) is 22.4 Å². The average molecular weight is 220 g/mol. The highest BCUT2D eigenvalue weighted by Gasteiger charge is 2.14. The van der Waals surface area contributed by atoms with E-state index in [0.717, 1.165) is 5.56 Å². The Balaban J connectivity index is 2.28. The molecule has 2 aromatic rings. The van der Waals surface area contributed by atoms with E-state index in [-0.39, 0.29) is 11.9 Å². The van der Waals surface area contributed by atoms with Gasteiger partial charge in [0.25, 0.3) is 5.89 Å². The van der Waals surface area contributed by atoms with Crippen LogP contribution in [0.15, 0.2) is 28.8 Å². The van der Waals surface area contributed by atoms with Gasteiger partial charge in [0.05, 0.1) is 0 Å². The number of ether oxygens (including phenoxy) is 1. The smallest absolute Gasteiger partial charge is 0.255 e. The number of nitrogens with zero attached hydrogens (tertiary/aromatic N) is 2. The summed E-state index contributed by atoms with van der Waals surface area (Å²) < 4.78 is 10.1. The second-order valence-electron chi connectivity index (χ2n) is 3.38. The molecule has 1 atom stereocenters. The Morgan fingerprint density at radius 1 is 1.31 bits per heavy atom. The zero-order valence-electron chi connectivity index (χ0n) is 9.04. The van der Waals surface area contributed by atoms with Crippen LogP contribution in [0.1, 0.15) is 18.9 Å². The Hall–Kier alpha value is -1.88. The highest BCUT2D eigenvalue weighted by atomic mass is 16.5. The average Bonchev–Trinajstić information content (AvgIpc) is 2.78. The SMILES string of the molecule is COC(C)c1nc(-c2ccc(O)cc2)no1. The van der Waals surface area contributed by atoms with E-state index in [1.807, 2.05) is 6.92 Å². The van der Waals surface area contributed by atoms with Crippen LogP contribution in [0.3, 0.4) is 0 Å². The molecule has 0 spiro atoms. The Morgan fingerprint density at radius 3 is 2.62 bits per heavy atom. The van der Waals surface area contributed by atoms with Gasteiger partial charge >= 0.3 is 0 Å². The minimum Gasteiger partial charge on any atom is -0.508 e. The van der Waals surface area contributed by atoms with Crippen LogP contribution in [-0.2, 0) is 4.74 Å². The van der Waals surface area contributed by atoms with Crippen LogP contribution in [0.2, 0.25) is 0 Å². The highest BCUT2D eigenvalue weighted by Crippen LogP contribution is 2.21. The third kappa shape index (κ3) is 2.04. The van der Waals surface area contributed by atoms with E-state index in [2.05, 4.69) is 10.1 Å². The largest absolute Gasteiger partial charge is 0.508 e. The summed E-state index contributed by atoms with van der Waals surface area (Å²) >= 11 is 0. The van der Waals surface area contributed by atoms with Gasteiger partial charge in [-0.25, -0.2) is 0 Å². The number of phenolic OH excluding ortho intramolecular Hbond substituents is 1. The lowest BCUT2D eigenvalue weighted by atomic mass is 10.2. The Labute approximate surface area is 92.7 Å². The van der Waals surface area contributed by atoms with Crippen molar-refractivity contribution in [2.75, 3.05) is 7.11 Å². The molecule has 0 aliphatic rings. The third-order valence-corrected chi connectivity index (χ3v) is 2.27. The summed E-state index contributed by atoms with van der Waals surface area (Å²) in [6, 6.07) is 6.60. The van der Waals surface area contributed by atoms with Crippen molar-refractivity contribution in [2.24, 2.45) is 0 Å². The molecule has 1 aromatic carbocycles. The molecule has 0 amide bonds. The van der Waals surface area contributed by atoms with E-state index in [1.54, 1.807) is 31.4 Å². The molecule has 1 unspecified atom stereocenters. The fraction of sp³-hybridized carbons (Fsp3) is 0.273. The minimum atomic E-state index is -0.224. The Kier molecular flexibility index (Phi) is 2.87. The lowest BCUT2D eigenvalue weighted by Crippen LogP contribution is -1.95. The second kappa shape index (κ2) is 4.32. The number of aromatic hydroxyl groups is 1. The van der Waals surface area contributed by atoms with Crippen LogP contribution in [0, 0.1) is 0 Å². The van der Waals surface area contributed by atoms with E-state index in [9.17, 15) is 0 Å². The van der Waals surface area contributed by atoms with Crippen molar-refractivity contribution in [3.63, 3.8) is 0 Å². The van der Waals surface area contributed by atoms with Crippen LogP contribution < -0.4 is 0 Å². The zero-order valence-corrected chi connectivity index (χ0v) is 9.04. The summed E-state index contributed by atoms with van der Waals surface area (Å²) in [6.07, 6.45) is -0.224. The molecule has 1 N–H and O–H groups in total. The van der Waals surface area contributed by atoms with E-state index in [1.165, 1.54) is 0 Å². The van der Waals surface area contributed by atoms with Gasteiger partial charge in [-0.15, -0.1) is 0 Å². The first-order valence-corrected chi connectivity index (χ1v) is 4.86. The standard InChI is InChI=1S/C11H12N2O3/c1-7(15-2)11-12-10(13-16-11)8-3-5-9(14)6-4-8/h3-7,14H,1-2H3. The van der Waals surface area contributed by atoms with E-state index in [4.69, 9.17) is 14.4 Å². The molecule has 0 aliphatic heterocycles. The van der Waals surface area contributed by atoms with Crippen molar-refractivity contribution in [1.82, 2.24) is 10.1 Å². The van der Waals surface area contributed by atoms with Gasteiger partial charge in [0.2, 0.25) is 5.82 Å². The van der Waals surface area contributed by atoms with Gasteiger partial charge in [0.15, 0.2) is 0 Å². The van der Waals surface area contributed by atoms with Crippen LogP contribution in [0.4, 0.5) is 0 Å². The van der Waals surface area contributed by atoms with Crippen molar-refractivity contribution < 1.29 is 14.4 Å². The van der Waals surface area contributed by atoms with Gasteiger partial charge in [0.1, 0.15) is 11.9 Å². The molecule has 0 aliphatic carbocycles. The molecule has 0 saturated carbocycles. The number of benzene rings is 1. The molecule has 0 bridgehead atoms. The van der Waals surface area contributed by atoms with E-state index in [0.29, 0.717) is 11.7 Å². The molecular weight excluding hydrogens is 208 g/mol. The minimum absolute atomic E-state index is 0.206. The van der Waals surface area contributed by atoms with E-state index >= 15 is 0 Å². The van der Waals surface area contributed by atoms with Gasteiger partial charge in [-0.3, -0.25) is 0 Å². The lowest BCUT2D eigenvalue weighted by molar-refractivity contribution is 0.0886. The summed E-state index contributed by atoms with van der Waals surface area (Å²) in [7, 11) is 1.58. The monoisotopic (exact) mass is 220 g/mol. The fourth-order valence-corrected chi connectivity index (χ4v) is 1.23. The molecule has 84 valence electrons. The summed E-state index contributed by atoms with van der Waals surface area (Å²) in [6.45, 7) is 1.83. The maximum absolute atomic E-state index is 9.15. The molecular formula is C11H12N2O3. The topological polar surface area (TPSA) is 68.4 Å². The van der Waals surface area contributed by atoms with E-state index < -0.39 is 0 Å². The number of rotatable bonds is 3.